The van der Waals surface area contributed by atoms with Gasteiger partial charge in [0.1, 0.15) is 5.75 Å². The van der Waals surface area contributed by atoms with Gasteiger partial charge in [0.05, 0.1) is 12.8 Å². The van der Waals surface area contributed by atoms with Crippen molar-refractivity contribution in [2.45, 2.75) is 25.4 Å². The molecule has 142 valence electrons. The Labute approximate surface area is 159 Å². The van der Waals surface area contributed by atoms with E-state index in [0.717, 1.165) is 38.0 Å². The number of nitrogens with one attached hydrogen (secondary N) is 2. The van der Waals surface area contributed by atoms with Crippen LogP contribution in [-0.4, -0.2) is 47.8 Å². The Hall–Kier alpha value is -2.70. The second-order valence-electron chi connectivity index (χ2n) is 6.80. The molecule has 3 rings (SSSR count). The van der Waals surface area contributed by atoms with Crippen molar-refractivity contribution in [3.05, 3.63) is 65.7 Å². The summed E-state index contributed by atoms with van der Waals surface area (Å²) in [7, 11) is 0. The third-order valence-corrected chi connectivity index (χ3v) is 4.68. The summed E-state index contributed by atoms with van der Waals surface area (Å²) in [5.74, 6) is 0.0481. The molecule has 6 nitrogen and oxygen atoms in total. The molecule has 0 saturated carbocycles. The van der Waals surface area contributed by atoms with E-state index in [-0.39, 0.29) is 18.2 Å². The Balaban J connectivity index is 1.32. The van der Waals surface area contributed by atoms with Gasteiger partial charge in [-0.15, -0.1) is 0 Å². The smallest absolute Gasteiger partial charge is 0.254 e. The minimum atomic E-state index is -0.156. The third-order valence-electron chi connectivity index (χ3n) is 4.68. The fourth-order valence-electron chi connectivity index (χ4n) is 3.15. The van der Waals surface area contributed by atoms with Crippen molar-refractivity contribution >= 4 is 12.1 Å². The molecule has 0 unspecified atom stereocenters. The van der Waals surface area contributed by atoms with Gasteiger partial charge in [0.25, 0.3) is 5.91 Å². The number of phenolic OH excluding ortho intramolecular Hbond substituents is 1. The summed E-state index contributed by atoms with van der Waals surface area (Å²) in [6.45, 7) is 3.32. The van der Waals surface area contributed by atoms with E-state index >= 15 is 0 Å². The van der Waals surface area contributed by atoms with E-state index in [1.54, 1.807) is 30.5 Å². The molecule has 3 N–H and O–H groups in total. The Morgan fingerprint density at radius 2 is 1.81 bits per heavy atom. The van der Waals surface area contributed by atoms with Crippen molar-refractivity contribution in [1.29, 1.82) is 0 Å². The molecule has 27 heavy (non-hydrogen) atoms. The summed E-state index contributed by atoms with van der Waals surface area (Å²) in [5, 5.41) is 16.5. The number of likely N-dealkylation sites (tertiary alicyclic amines) is 1. The zero-order valence-corrected chi connectivity index (χ0v) is 15.3. The van der Waals surface area contributed by atoms with Crippen LogP contribution in [0, 0.1) is 0 Å². The van der Waals surface area contributed by atoms with E-state index in [9.17, 15) is 9.90 Å². The summed E-state index contributed by atoms with van der Waals surface area (Å²) in [6.07, 6.45) is 3.63. The summed E-state index contributed by atoms with van der Waals surface area (Å²) >= 11 is 0. The van der Waals surface area contributed by atoms with Gasteiger partial charge >= 0.3 is 0 Å². The number of benzene rings is 2. The molecule has 0 radical (unpaired) electrons. The maximum absolute atomic E-state index is 11.9. The molecule has 0 aliphatic carbocycles. The van der Waals surface area contributed by atoms with Crippen LogP contribution in [0.1, 0.15) is 24.0 Å². The van der Waals surface area contributed by atoms with Gasteiger partial charge in [0.2, 0.25) is 0 Å². The molecule has 2 aromatic carbocycles. The van der Waals surface area contributed by atoms with E-state index in [1.807, 2.05) is 6.07 Å². The number of phenols is 1. The van der Waals surface area contributed by atoms with Crippen molar-refractivity contribution in [2.24, 2.45) is 5.10 Å². The first-order valence-electron chi connectivity index (χ1n) is 9.29. The highest BCUT2D eigenvalue weighted by Gasteiger charge is 2.19. The van der Waals surface area contributed by atoms with Crippen molar-refractivity contribution < 1.29 is 9.90 Å². The van der Waals surface area contributed by atoms with Crippen LogP contribution in [-0.2, 0) is 11.3 Å². The highest BCUT2D eigenvalue weighted by atomic mass is 16.3. The Morgan fingerprint density at radius 1 is 1.11 bits per heavy atom. The van der Waals surface area contributed by atoms with E-state index in [2.05, 4.69) is 45.0 Å². The summed E-state index contributed by atoms with van der Waals surface area (Å²) < 4.78 is 0. The highest BCUT2D eigenvalue weighted by Crippen LogP contribution is 2.13. The molecule has 1 amide bonds. The Kier molecular flexibility index (Phi) is 6.96. The standard InChI is InChI=1S/C21H26N4O2/c26-20-8-6-17(7-9-20)14-23-24-21(27)15-22-19-10-12-25(13-11-19)16-18-4-2-1-3-5-18/h1-9,14,19,22,26H,10-13,15-16H2,(H,24,27). The number of aromatic hydroxyl groups is 1. The molecule has 1 aliphatic heterocycles. The average molecular weight is 366 g/mol. The molecule has 0 spiro atoms. The zero-order chi connectivity index (χ0) is 18.9. The lowest BCUT2D eigenvalue weighted by Gasteiger charge is -2.32. The molecule has 1 fully saturated rings. The van der Waals surface area contributed by atoms with E-state index in [0.29, 0.717) is 6.04 Å². The minimum Gasteiger partial charge on any atom is -0.508 e. The van der Waals surface area contributed by atoms with Crippen molar-refractivity contribution in [3.63, 3.8) is 0 Å². The van der Waals surface area contributed by atoms with Crippen molar-refractivity contribution in [1.82, 2.24) is 15.6 Å². The monoisotopic (exact) mass is 366 g/mol. The predicted octanol–water partition coefficient (Wildman–Crippen LogP) is 2.10. The van der Waals surface area contributed by atoms with Gasteiger partial charge in [0, 0.05) is 12.6 Å². The number of carbonyl (C=O) groups excluding carboxylic acids is 1. The first-order chi connectivity index (χ1) is 13.2. The zero-order valence-electron chi connectivity index (χ0n) is 15.3. The lowest BCUT2D eigenvalue weighted by atomic mass is 10.0. The molecule has 0 aromatic heterocycles. The molecule has 0 atom stereocenters. The largest absolute Gasteiger partial charge is 0.508 e. The third kappa shape index (κ3) is 6.51. The number of amides is 1. The van der Waals surface area contributed by atoms with Gasteiger partial charge in [-0.25, -0.2) is 5.43 Å². The van der Waals surface area contributed by atoms with E-state index in [4.69, 9.17) is 0 Å². The fraction of sp³-hybridized carbons (Fsp3) is 0.333. The molecule has 1 saturated heterocycles. The van der Waals surface area contributed by atoms with Crippen LogP contribution >= 0.6 is 0 Å². The Morgan fingerprint density at radius 3 is 2.52 bits per heavy atom. The molecular weight excluding hydrogens is 340 g/mol. The highest BCUT2D eigenvalue weighted by molar-refractivity contribution is 5.83. The predicted molar refractivity (Wildman–Crippen MR) is 107 cm³/mol. The van der Waals surface area contributed by atoms with Crippen LogP contribution in [0.25, 0.3) is 0 Å². The van der Waals surface area contributed by atoms with Crippen LogP contribution < -0.4 is 10.7 Å². The van der Waals surface area contributed by atoms with Crippen LogP contribution in [0.5, 0.6) is 5.75 Å². The van der Waals surface area contributed by atoms with E-state index in [1.165, 1.54) is 5.56 Å². The molecule has 6 heteroatoms. The summed E-state index contributed by atoms with van der Waals surface area (Å²) in [5.41, 5.74) is 4.68. The number of nitrogens with zero attached hydrogens (tertiary/aromatic N) is 2. The fourth-order valence-corrected chi connectivity index (χ4v) is 3.15. The van der Waals surface area contributed by atoms with Gasteiger partial charge in [0.15, 0.2) is 0 Å². The van der Waals surface area contributed by atoms with Crippen LogP contribution in [0.15, 0.2) is 59.7 Å². The molecule has 1 heterocycles. The lowest BCUT2D eigenvalue weighted by Crippen LogP contribution is -2.45. The number of hydrogen-bond acceptors (Lipinski definition) is 5. The molecule has 2 aromatic rings. The quantitative estimate of drug-likeness (QED) is 0.518. The van der Waals surface area contributed by atoms with Crippen molar-refractivity contribution in [3.8, 4) is 5.75 Å². The first-order valence-corrected chi connectivity index (χ1v) is 9.29. The minimum absolute atomic E-state index is 0.156. The Bertz CT molecular complexity index is 739. The number of piperidine rings is 1. The average Bonchev–Trinajstić information content (AvgIpc) is 2.70. The van der Waals surface area contributed by atoms with Gasteiger partial charge < -0.3 is 10.4 Å². The van der Waals surface area contributed by atoms with Crippen molar-refractivity contribution in [2.75, 3.05) is 19.6 Å². The van der Waals surface area contributed by atoms with E-state index < -0.39 is 0 Å². The second-order valence-corrected chi connectivity index (χ2v) is 6.80. The second kappa shape index (κ2) is 9.85. The number of hydrogen-bond donors (Lipinski definition) is 3. The van der Waals surface area contributed by atoms with Gasteiger partial charge in [-0.05, 0) is 61.3 Å². The van der Waals surface area contributed by atoms with Gasteiger partial charge in [-0.2, -0.15) is 5.10 Å². The van der Waals surface area contributed by atoms with Gasteiger partial charge in [-0.3, -0.25) is 9.69 Å². The lowest BCUT2D eigenvalue weighted by molar-refractivity contribution is -0.120. The van der Waals surface area contributed by atoms with Crippen LogP contribution in [0.3, 0.4) is 0 Å². The summed E-state index contributed by atoms with van der Waals surface area (Å²) in [6, 6.07) is 17.5. The molecule has 1 aliphatic rings. The SMILES string of the molecule is O=C(CNC1CCN(Cc2ccccc2)CC1)NN=Cc1ccc(O)cc1. The number of rotatable bonds is 7. The number of carbonyl (C=O) groups is 1. The normalized spacial score (nSPS) is 15.9. The topological polar surface area (TPSA) is 77.0 Å². The molecular formula is C21H26N4O2. The first kappa shape index (κ1) is 19.1. The maximum Gasteiger partial charge on any atom is 0.254 e. The maximum atomic E-state index is 11.9. The molecule has 0 bridgehead atoms. The summed E-state index contributed by atoms with van der Waals surface area (Å²) in [4.78, 5) is 14.4. The number of hydrazone groups is 1. The van der Waals surface area contributed by atoms with Gasteiger partial charge in [-0.1, -0.05) is 30.3 Å². The van der Waals surface area contributed by atoms with Crippen LogP contribution in [0.2, 0.25) is 0 Å². The van der Waals surface area contributed by atoms with Crippen LogP contribution in [0.4, 0.5) is 0 Å².